The van der Waals surface area contributed by atoms with E-state index in [1.165, 1.54) is 6.07 Å². The summed E-state index contributed by atoms with van der Waals surface area (Å²) < 4.78 is 0. The Kier molecular flexibility index (Phi) is 4.83. The Bertz CT molecular complexity index is 821. The van der Waals surface area contributed by atoms with Gasteiger partial charge in [-0.2, -0.15) is 0 Å². The van der Waals surface area contributed by atoms with Crippen molar-refractivity contribution in [2.75, 3.05) is 18.4 Å². The molecule has 132 valence electrons. The Labute approximate surface area is 146 Å². The van der Waals surface area contributed by atoms with Crippen LogP contribution in [0.15, 0.2) is 24.3 Å². The quantitative estimate of drug-likeness (QED) is 0.666. The van der Waals surface area contributed by atoms with Crippen molar-refractivity contribution >= 4 is 28.2 Å². The lowest BCUT2D eigenvalue weighted by molar-refractivity contribution is -0.384. The van der Waals surface area contributed by atoms with Crippen LogP contribution in [0.2, 0.25) is 0 Å². The van der Waals surface area contributed by atoms with Gasteiger partial charge in [0.2, 0.25) is 5.91 Å². The number of carbonyl (C=O) groups excluding carboxylic acids is 1. The predicted molar refractivity (Wildman–Crippen MR) is 96.7 cm³/mol. The Morgan fingerprint density at radius 2 is 2.20 bits per heavy atom. The van der Waals surface area contributed by atoms with Gasteiger partial charge in [0.15, 0.2) is 0 Å². The maximum Gasteiger partial charge on any atom is 0.270 e. The number of nitro groups is 1. The number of nitrogens with zero attached hydrogens (tertiary/aromatic N) is 3. The summed E-state index contributed by atoms with van der Waals surface area (Å²) in [6.07, 6.45) is 2.16. The lowest BCUT2D eigenvalue weighted by atomic mass is 10.1. The van der Waals surface area contributed by atoms with Crippen LogP contribution < -0.4 is 5.32 Å². The van der Waals surface area contributed by atoms with Crippen molar-refractivity contribution in [3.05, 3.63) is 40.1 Å². The molecule has 1 aromatic heterocycles. The molecule has 0 bridgehead atoms. The Morgan fingerprint density at radius 1 is 1.40 bits per heavy atom. The molecule has 1 amide bonds. The molecule has 1 aliphatic rings. The van der Waals surface area contributed by atoms with Crippen molar-refractivity contribution in [3.8, 4) is 0 Å². The SMILES string of the molecule is CCC(=O)N1CC[C@H](Nc2cc(CC)nc3ccc([N+](=O)[O-])cc23)C1. The van der Waals surface area contributed by atoms with Crippen LogP contribution >= 0.6 is 0 Å². The van der Waals surface area contributed by atoms with Crippen molar-refractivity contribution < 1.29 is 9.72 Å². The molecular weight excluding hydrogens is 320 g/mol. The van der Waals surface area contributed by atoms with E-state index in [0.717, 1.165) is 41.7 Å². The van der Waals surface area contributed by atoms with Gasteiger partial charge in [0.1, 0.15) is 0 Å². The van der Waals surface area contributed by atoms with E-state index in [4.69, 9.17) is 0 Å². The molecular formula is C18H22N4O3. The number of nitro benzene ring substituents is 1. The number of benzene rings is 1. The van der Waals surface area contributed by atoms with Gasteiger partial charge in [-0.1, -0.05) is 13.8 Å². The normalized spacial score (nSPS) is 17.0. The van der Waals surface area contributed by atoms with Gasteiger partial charge in [-0.3, -0.25) is 19.9 Å². The first kappa shape index (κ1) is 17.1. The largest absolute Gasteiger partial charge is 0.380 e. The Balaban J connectivity index is 1.92. The summed E-state index contributed by atoms with van der Waals surface area (Å²) in [4.78, 5) is 29.0. The fourth-order valence-electron chi connectivity index (χ4n) is 3.23. The summed E-state index contributed by atoms with van der Waals surface area (Å²) >= 11 is 0. The van der Waals surface area contributed by atoms with E-state index in [1.54, 1.807) is 12.1 Å². The van der Waals surface area contributed by atoms with Crippen molar-refractivity contribution in [1.29, 1.82) is 0 Å². The molecule has 7 nitrogen and oxygen atoms in total. The highest BCUT2D eigenvalue weighted by molar-refractivity contribution is 5.93. The first-order chi connectivity index (χ1) is 12.0. The van der Waals surface area contributed by atoms with E-state index < -0.39 is 4.92 Å². The third-order valence-electron chi connectivity index (χ3n) is 4.62. The van der Waals surface area contributed by atoms with Crippen LogP contribution in [0.5, 0.6) is 0 Å². The zero-order valence-corrected chi connectivity index (χ0v) is 14.5. The number of nitrogens with one attached hydrogen (secondary N) is 1. The highest BCUT2D eigenvalue weighted by atomic mass is 16.6. The molecule has 2 aromatic rings. The van der Waals surface area contributed by atoms with Crippen LogP contribution in [0.3, 0.4) is 0 Å². The van der Waals surface area contributed by atoms with Crippen molar-refractivity contribution in [3.63, 3.8) is 0 Å². The number of anilines is 1. The number of amides is 1. The molecule has 0 saturated carbocycles. The molecule has 7 heteroatoms. The molecule has 1 fully saturated rings. The van der Waals surface area contributed by atoms with Gasteiger partial charge in [-0.05, 0) is 25.0 Å². The highest BCUT2D eigenvalue weighted by Gasteiger charge is 2.25. The third kappa shape index (κ3) is 3.55. The molecule has 1 atom stereocenters. The summed E-state index contributed by atoms with van der Waals surface area (Å²) in [5.41, 5.74) is 2.58. The smallest absolute Gasteiger partial charge is 0.270 e. The predicted octanol–water partition coefficient (Wildman–Crippen LogP) is 3.13. The number of rotatable bonds is 5. The van der Waals surface area contributed by atoms with Gasteiger partial charge in [0.05, 0.1) is 10.4 Å². The topological polar surface area (TPSA) is 88.4 Å². The lowest BCUT2D eigenvalue weighted by Gasteiger charge is -2.18. The number of fused-ring (bicyclic) bond motifs is 1. The summed E-state index contributed by atoms with van der Waals surface area (Å²) in [6.45, 7) is 5.30. The van der Waals surface area contributed by atoms with Gasteiger partial charge in [-0.25, -0.2) is 0 Å². The average Bonchev–Trinajstić information content (AvgIpc) is 3.08. The number of aryl methyl sites for hydroxylation is 1. The second-order valence-electron chi connectivity index (χ2n) is 6.30. The zero-order chi connectivity index (χ0) is 18.0. The number of carbonyl (C=O) groups is 1. The number of non-ortho nitro benzene ring substituents is 1. The molecule has 2 heterocycles. The van der Waals surface area contributed by atoms with E-state index in [0.29, 0.717) is 13.0 Å². The molecule has 0 radical (unpaired) electrons. The number of pyridine rings is 1. The minimum absolute atomic E-state index is 0.0517. The van der Waals surface area contributed by atoms with Crippen molar-refractivity contribution in [1.82, 2.24) is 9.88 Å². The maximum absolute atomic E-state index is 11.9. The van der Waals surface area contributed by atoms with E-state index in [1.807, 2.05) is 24.8 Å². The number of likely N-dealkylation sites (tertiary alicyclic amines) is 1. The van der Waals surface area contributed by atoms with Crippen molar-refractivity contribution in [2.24, 2.45) is 0 Å². The molecule has 1 aromatic carbocycles. The summed E-state index contributed by atoms with van der Waals surface area (Å²) in [6, 6.07) is 6.84. The summed E-state index contributed by atoms with van der Waals surface area (Å²) in [7, 11) is 0. The van der Waals surface area contributed by atoms with Crippen LogP contribution in [0.1, 0.15) is 32.4 Å². The minimum atomic E-state index is -0.395. The first-order valence-electron chi connectivity index (χ1n) is 8.64. The zero-order valence-electron chi connectivity index (χ0n) is 14.5. The molecule has 1 N–H and O–H groups in total. The Hall–Kier alpha value is -2.70. The minimum Gasteiger partial charge on any atom is -0.380 e. The summed E-state index contributed by atoms with van der Waals surface area (Å²) in [5, 5.41) is 15.3. The Morgan fingerprint density at radius 3 is 2.88 bits per heavy atom. The molecule has 0 aliphatic carbocycles. The summed E-state index contributed by atoms with van der Waals surface area (Å²) in [5.74, 6) is 0.161. The average molecular weight is 342 g/mol. The first-order valence-corrected chi connectivity index (χ1v) is 8.64. The molecule has 1 aliphatic heterocycles. The van der Waals surface area contributed by atoms with Crippen LogP contribution in [0.25, 0.3) is 10.9 Å². The molecule has 0 spiro atoms. The second kappa shape index (κ2) is 7.04. The van der Waals surface area contributed by atoms with Crippen LogP contribution in [-0.4, -0.2) is 39.8 Å². The molecule has 1 saturated heterocycles. The third-order valence-corrected chi connectivity index (χ3v) is 4.62. The molecule has 25 heavy (non-hydrogen) atoms. The highest BCUT2D eigenvalue weighted by Crippen LogP contribution is 2.29. The maximum atomic E-state index is 11.9. The van der Waals surface area contributed by atoms with Crippen LogP contribution in [0, 0.1) is 10.1 Å². The number of hydrogen-bond acceptors (Lipinski definition) is 5. The number of hydrogen-bond donors (Lipinski definition) is 1. The van der Waals surface area contributed by atoms with Crippen LogP contribution in [0.4, 0.5) is 11.4 Å². The molecule has 0 unspecified atom stereocenters. The van der Waals surface area contributed by atoms with Crippen molar-refractivity contribution in [2.45, 2.75) is 39.2 Å². The number of aromatic nitrogens is 1. The second-order valence-corrected chi connectivity index (χ2v) is 6.30. The van der Waals surface area contributed by atoms with Gasteiger partial charge >= 0.3 is 0 Å². The van der Waals surface area contributed by atoms with Gasteiger partial charge in [-0.15, -0.1) is 0 Å². The lowest BCUT2D eigenvalue weighted by Crippen LogP contribution is -2.31. The van der Waals surface area contributed by atoms with Gasteiger partial charge in [0, 0.05) is 54.5 Å². The fourth-order valence-corrected chi connectivity index (χ4v) is 3.23. The van der Waals surface area contributed by atoms with E-state index in [2.05, 4.69) is 10.3 Å². The molecule has 3 rings (SSSR count). The fraction of sp³-hybridized carbons (Fsp3) is 0.444. The van der Waals surface area contributed by atoms with E-state index >= 15 is 0 Å². The van der Waals surface area contributed by atoms with E-state index in [9.17, 15) is 14.9 Å². The van der Waals surface area contributed by atoms with Gasteiger partial charge in [0.25, 0.3) is 5.69 Å². The van der Waals surface area contributed by atoms with Gasteiger partial charge < -0.3 is 10.2 Å². The van der Waals surface area contributed by atoms with Crippen LogP contribution in [-0.2, 0) is 11.2 Å². The van der Waals surface area contributed by atoms with E-state index in [-0.39, 0.29) is 17.6 Å². The standard InChI is InChI=1S/C18H22N4O3/c1-3-12-9-17(20-13-7-8-21(11-13)18(23)4-2)15-10-14(22(24)25)5-6-16(15)19-12/h5-6,9-10,13H,3-4,7-8,11H2,1-2H3,(H,19,20)/t13-/m0/s1. The monoisotopic (exact) mass is 342 g/mol.